The van der Waals surface area contributed by atoms with Crippen molar-refractivity contribution in [3.8, 4) is 5.75 Å². The van der Waals surface area contributed by atoms with Crippen LogP contribution >= 0.6 is 23.4 Å². The number of ether oxygens (including phenoxy) is 1. The molecule has 84 valence electrons. The van der Waals surface area contributed by atoms with Gasteiger partial charge in [0, 0.05) is 6.04 Å². The molecule has 0 aliphatic rings. The van der Waals surface area contributed by atoms with Crippen molar-refractivity contribution in [2.75, 3.05) is 13.4 Å². The van der Waals surface area contributed by atoms with Gasteiger partial charge < -0.3 is 10.5 Å². The van der Waals surface area contributed by atoms with E-state index in [1.165, 1.54) is 0 Å². The van der Waals surface area contributed by atoms with E-state index in [9.17, 15) is 0 Å². The highest BCUT2D eigenvalue weighted by atomic mass is 35.5. The molecule has 0 heterocycles. The molecule has 0 saturated carbocycles. The Morgan fingerprint density at radius 1 is 1.53 bits per heavy atom. The second-order valence-corrected chi connectivity index (χ2v) is 4.75. The SMILES string of the molecule is COc1c(Cl)cc(CC(C)N)cc1SC. The maximum absolute atomic E-state index is 6.12. The smallest absolute Gasteiger partial charge is 0.150 e. The third-order valence-electron chi connectivity index (χ3n) is 2.05. The number of methoxy groups -OCH3 is 1. The molecule has 1 atom stereocenters. The van der Waals surface area contributed by atoms with Crippen LogP contribution in [-0.2, 0) is 6.42 Å². The van der Waals surface area contributed by atoms with E-state index in [-0.39, 0.29) is 6.04 Å². The van der Waals surface area contributed by atoms with Gasteiger partial charge in [0.25, 0.3) is 0 Å². The summed E-state index contributed by atoms with van der Waals surface area (Å²) in [5.41, 5.74) is 6.91. The van der Waals surface area contributed by atoms with Gasteiger partial charge in [0.05, 0.1) is 17.0 Å². The molecule has 15 heavy (non-hydrogen) atoms. The van der Waals surface area contributed by atoms with Gasteiger partial charge >= 0.3 is 0 Å². The highest BCUT2D eigenvalue weighted by molar-refractivity contribution is 7.98. The van der Waals surface area contributed by atoms with Gasteiger partial charge in [-0.2, -0.15) is 0 Å². The van der Waals surface area contributed by atoms with Crippen LogP contribution in [0.4, 0.5) is 0 Å². The van der Waals surface area contributed by atoms with E-state index in [1.54, 1.807) is 18.9 Å². The second kappa shape index (κ2) is 5.64. The fraction of sp³-hybridized carbons (Fsp3) is 0.455. The van der Waals surface area contributed by atoms with E-state index in [2.05, 4.69) is 6.07 Å². The number of rotatable bonds is 4. The first-order valence-electron chi connectivity index (χ1n) is 4.74. The fourth-order valence-electron chi connectivity index (χ4n) is 1.46. The Morgan fingerprint density at radius 3 is 2.67 bits per heavy atom. The fourth-order valence-corrected chi connectivity index (χ4v) is 2.48. The van der Waals surface area contributed by atoms with Crippen LogP contribution in [0.25, 0.3) is 0 Å². The van der Waals surface area contributed by atoms with E-state index in [0.717, 1.165) is 22.6 Å². The summed E-state index contributed by atoms with van der Waals surface area (Å²) in [6, 6.07) is 4.14. The highest BCUT2D eigenvalue weighted by Crippen LogP contribution is 2.35. The van der Waals surface area contributed by atoms with Crippen molar-refractivity contribution in [3.05, 3.63) is 22.7 Å². The van der Waals surface area contributed by atoms with Crippen LogP contribution in [0.1, 0.15) is 12.5 Å². The Kier molecular flexibility index (Phi) is 4.77. The summed E-state index contributed by atoms with van der Waals surface area (Å²) < 4.78 is 5.24. The van der Waals surface area contributed by atoms with E-state index in [4.69, 9.17) is 22.1 Å². The van der Waals surface area contributed by atoms with Crippen molar-refractivity contribution in [1.82, 2.24) is 0 Å². The van der Waals surface area contributed by atoms with E-state index in [0.29, 0.717) is 5.02 Å². The van der Waals surface area contributed by atoms with Crippen molar-refractivity contribution in [2.45, 2.75) is 24.3 Å². The Bertz CT molecular complexity index is 342. The topological polar surface area (TPSA) is 35.2 Å². The molecule has 2 N–H and O–H groups in total. The molecule has 1 unspecified atom stereocenters. The van der Waals surface area contributed by atoms with Gasteiger partial charge in [-0.3, -0.25) is 0 Å². The number of hydrogen-bond acceptors (Lipinski definition) is 3. The molecule has 0 aromatic heterocycles. The lowest BCUT2D eigenvalue weighted by Crippen LogP contribution is -2.17. The Balaban J connectivity index is 3.08. The maximum atomic E-state index is 6.12. The van der Waals surface area contributed by atoms with Crippen molar-refractivity contribution in [2.24, 2.45) is 5.73 Å². The first-order chi connectivity index (χ1) is 7.08. The van der Waals surface area contributed by atoms with Gasteiger partial charge in [-0.15, -0.1) is 11.8 Å². The summed E-state index contributed by atoms with van der Waals surface area (Å²) in [4.78, 5) is 1.06. The molecule has 1 rings (SSSR count). The quantitative estimate of drug-likeness (QED) is 0.829. The third-order valence-corrected chi connectivity index (χ3v) is 3.07. The minimum atomic E-state index is 0.143. The molecule has 0 fully saturated rings. The molecular formula is C11H16ClNOS. The Morgan fingerprint density at radius 2 is 2.20 bits per heavy atom. The zero-order chi connectivity index (χ0) is 11.4. The molecule has 0 bridgehead atoms. The monoisotopic (exact) mass is 245 g/mol. The first-order valence-corrected chi connectivity index (χ1v) is 6.34. The lowest BCUT2D eigenvalue weighted by molar-refractivity contribution is 0.405. The molecule has 1 aromatic carbocycles. The molecule has 0 radical (unpaired) electrons. The largest absolute Gasteiger partial charge is 0.494 e. The van der Waals surface area contributed by atoms with Crippen LogP contribution in [-0.4, -0.2) is 19.4 Å². The zero-order valence-corrected chi connectivity index (χ0v) is 10.8. The molecule has 0 aliphatic heterocycles. The van der Waals surface area contributed by atoms with Gasteiger partial charge in [0.1, 0.15) is 0 Å². The lowest BCUT2D eigenvalue weighted by atomic mass is 10.1. The van der Waals surface area contributed by atoms with Crippen molar-refractivity contribution >= 4 is 23.4 Å². The highest BCUT2D eigenvalue weighted by Gasteiger charge is 2.10. The average Bonchev–Trinajstić information content (AvgIpc) is 2.15. The Hall–Kier alpha value is -0.380. The predicted octanol–water partition coefficient (Wildman–Crippen LogP) is 2.96. The number of halogens is 1. The number of nitrogens with two attached hydrogens (primary N) is 1. The summed E-state index contributed by atoms with van der Waals surface area (Å²) >= 11 is 7.74. The van der Waals surface area contributed by atoms with E-state index < -0.39 is 0 Å². The van der Waals surface area contributed by atoms with Gasteiger partial charge in [0.2, 0.25) is 0 Å². The van der Waals surface area contributed by atoms with Crippen LogP contribution in [0.5, 0.6) is 5.75 Å². The summed E-state index contributed by atoms with van der Waals surface area (Å²) in [6.45, 7) is 1.98. The summed E-state index contributed by atoms with van der Waals surface area (Å²) in [5, 5.41) is 0.653. The van der Waals surface area contributed by atoms with Crippen molar-refractivity contribution in [1.29, 1.82) is 0 Å². The molecular weight excluding hydrogens is 230 g/mol. The molecule has 0 spiro atoms. The number of hydrogen-bond donors (Lipinski definition) is 1. The van der Waals surface area contributed by atoms with E-state index >= 15 is 0 Å². The molecule has 0 amide bonds. The molecule has 1 aromatic rings. The number of benzene rings is 1. The van der Waals surface area contributed by atoms with Crippen LogP contribution in [0.2, 0.25) is 5.02 Å². The van der Waals surface area contributed by atoms with Crippen LogP contribution < -0.4 is 10.5 Å². The summed E-state index contributed by atoms with van der Waals surface area (Å²) in [6.07, 6.45) is 2.83. The Labute approximate surface area is 100 Å². The molecule has 4 heteroatoms. The van der Waals surface area contributed by atoms with Crippen LogP contribution in [0.3, 0.4) is 0 Å². The minimum Gasteiger partial charge on any atom is -0.494 e. The standard InChI is InChI=1S/C11H16ClNOS/c1-7(13)4-8-5-9(12)11(14-2)10(6-8)15-3/h5-7H,4,13H2,1-3H3. The summed E-state index contributed by atoms with van der Waals surface area (Å²) in [5.74, 6) is 0.748. The summed E-state index contributed by atoms with van der Waals surface area (Å²) in [7, 11) is 1.63. The molecule has 2 nitrogen and oxygen atoms in total. The lowest BCUT2D eigenvalue weighted by Gasteiger charge is -2.12. The maximum Gasteiger partial charge on any atom is 0.150 e. The molecule has 0 saturated heterocycles. The predicted molar refractivity (Wildman–Crippen MR) is 67.1 cm³/mol. The van der Waals surface area contributed by atoms with Gasteiger partial charge in [-0.25, -0.2) is 0 Å². The van der Waals surface area contributed by atoms with Crippen molar-refractivity contribution < 1.29 is 4.74 Å². The van der Waals surface area contributed by atoms with Gasteiger partial charge in [0.15, 0.2) is 5.75 Å². The number of thioether (sulfide) groups is 1. The van der Waals surface area contributed by atoms with Gasteiger partial charge in [-0.1, -0.05) is 11.6 Å². The van der Waals surface area contributed by atoms with Gasteiger partial charge in [-0.05, 0) is 37.3 Å². The van der Waals surface area contributed by atoms with E-state index in [1.807, 2.05) is 19.2 Å². The average molecular weight is 246 g/mol. The third kappa shape index (κ3) is 3.30. The van der Waals surface area contributed by atoms with Crippen LogP contribution in [0, 0.1) is 0 Å². The normalized spacial score (nSPS) is 12.6. The van der Waals surface area contributed by atoms with Crippen LogP contribution in [0.15, 0.2) is 17.0 Å². The zero-order valence-electron chi connectivity index (χ0n) is 9.21. The molecule has 0 aliphatic carbocycles. The minimum absolute atomic E-state index is 0.143. The first kappa shape index (κ1) is 12.7. The second-order valence-electron chi connectivity index (χ2n) is 3.49. The van der Waals surface area contributed by atoms with Crippen molar-refractivity contribution in [3.63, 3.8) is 0 Å².